The molecule has 2 aromatic carbocycles. The Morgan fingerprint density at radius 2 is 2.10 bits per heavy atom. The Bertz CT molecular complexity index is 1180. The third-order valence-electron chi connectivity index (χ3n) is 4.32. The van der Waals surface area contributed by atoms with Crippen LogP contribution in [0, 0.1) is 10.1 Å². The van der Waals surface area contributed by atoms with Crippen LogP contribution in [0.5, 0.6) is 0 Å². The van der Waals surface area contributed by atoms with Crippen molar-refractivity contribution in [3.05, 3.63) is 68.0 Å². The van der Waals surface area contributed by atoms with Crippen LogP contribution in [0.3, 0.4) is 0 Å². The maximum atomic E-state index is 12.9. The van der Waals surface area contributed by atoms with Crippen LogP contribution < -0.4 is 10.9 Å². The lowest BCUT2D eigenvalue weighted by molar-refractivity contribution is -0.383. The summed E-state index contributed by atoms with van der Waals surface area (Å²) in [6.45, 7) is 0.862. The monoisotopic (exact) mass is 462 g/mol. The van der Waals surface area contributed by atoms with Crippen LogP contribution in [-0.2, 0) is 16.1 Å². The number of rotatable bonds is 9. The minimum atomic E-state index is -0.618. The van der Waals surface area contributed by atoms with Crippen LogP contribution in [0.1, 0.15) is 6.42 Å². The number of hydrogen-bond acceptors (Lipinski definition) is 7. The molecule has 1 N–H and O–H groups in total. The summed E-state index contributed by atoms with van der Waals surface area (Å²) in [5.41, 5.74) is 0.0831. The van der Waals surface area contributed by atoms with E-state index in [1.807, 2.05) is 0 Å². The largest absolute Gasteiger partial charge is 0.385 e. The van der Waals surface area contributed by atoms with Crippen molar-refractivity contribution in [2.45, 2.75) is 18.1 Å². The number of carbonyl (C=O) groups is 1. The van der Waals surface area contributed by atoms with E-state index < -0.39 is 10.8 Å². The molecule has 3 aromatic rings. The molecule has 9 nitrogen and oxygen atoms in total. The van der Waals surface area contributed by atoms with Gasteiger partial charge in [-0.1, -0.05) is 35.5 Å². The second-order valence-electron chi connectivity index (χ2n) is 6.47. The number of thioether (sulfide) groups is 1. The van der Waals surface area contributed by atoms with Gasteiger partial charge in [0.1, 0.15) is 5.69 Å². The molecule has 0 radical (unpaired) electrons. The summed E-state index contributed by atoms with van der Waals surface area (Å²) in [7, 11) is 1.58. The number of anilines is 1. The fraction of sp³-hybridized carbons (Fsp3) is 0.250. The number of ether oxygens (including phenoxy) is 1. The molecule has 0 saturated heterocycles. The third-order valence-corrected chi connectivity index (χ3v) is 5.53. The highest BCUT2D eigenvalue weighted by Gasteiger charge is 2.18. The Hall–Kier alpha value is -2.95. The van der Waals surface area contributed by atoms with E-state index >= 15 is 0 Å². The molecule has 0 saturated carbocycles. The van der Waals surface area contributed by atoms with Crippen molar-refractivity contribution in [3.8, 4) is 0 Å². The van der Waals surface area contributed by atoms with Gasteiger partial charge in [0, 0.05) is 31.4 Å². The molecule has 0 bridgehead atoms. The molecule has 0 aliphatic heterocycles. The first-order chi connectivity index (χ1) is 14.9. The first-order valence-electron chi connectivity index (χ1n) is 9.26. The van der Waals surface area contributed by atoms with Crippen LogP contribution >= 0.6 is 23.4 Å². The summed E-state index contributed by atoms with van der Waals surface area (Å²) in [5.74, 6) is -0.559. The van der Waals surface area contributed by atoms with E-state index in [-0.39, 0.29) is 27.7 Å². The maximum absolute atomic E-state index is 12.9. The smallest absolute Gasteiger partial charge is 0.294 e. The highest BCUT2D eigenvalue weighted by Crippen LogP contribution is 2.28. The van der Waals surface area contributed by atoms with Gasteiger partial charge in [0.2, 0.25) is 5.91 Å². The number of fused-ring (bicyclic) bond motifs is 1. The standard InChI is InChI=1S/C20H19ClN4O5S/c1-30-10-4-9-24-19(27)14-5-2-3-6-15(14)23-20(24)31-12-18(26)22-16-8-7-13(21)11-17(16)25(28)29/h2-3,5-8,11H,4,9-10,12H2,1H3,(H,22,26). The molecule has 3 rings (SSSR count). The third kappa shape index (κ3) is 5.60. The fourth-order valence-corrected chi connectivity index (χ4v) is 3.89. The van der Waals surface area contributed by atoms with Gasteiger partial charge in [0.25, 0.3) is 11.2 Å². The Morgan fingerprint density at radius 1 is 1.32 bits per heavy atom. The normalized spacial score (nSPS) is 10.9. The van der Waals surface area contributed by atoms with Gasteiger partial charge in [0.05, 0.1) is 21.6 Å². The van der Waals surface area contributed by atoms with Gasteiger partial charge in [-0.3, -0.25) is 24.3 Å². The van der Waals surface area contributed by atoms with E-state index in [2.05, 4.69) is 10.3 Å². The first-order valence-corrected chi connectivity index (χ1v) is 10.6. The lowest BCUT2D eigenvalue weighted by Crippen LogP contribution is -2.25. The SMILES string of the molecule is COCCCn1c(SCC(=O)Nc2ccc(Cl)cc2[N+](=O)[O-])nc2ccccc2c1=O. The summed E-state index contributed by atoms with van der Waals surface area (Å²) in [5, 5.41) is 14.8. The zero-order valence-corrected chi connectivity index (χ0v) is 18.1. The van der Waals surface area contributed by atoms with E-state index in [1.54, 1.807) is 31.4 Å². The number of nitro benzene ring substituents is 1. The zero-order valence-electron chi connectivity index (χ0n) is 16.5. The van der Waals surface area contributed by atoms with E-state index in [0.29, 0.717) is 35.6 Å². The van der Waals surface area contributed by atoms with E-state index in [4.69, 9.17) is 16.3 Å². The van der Waals surface area contributed by atoms with Crippen LogP contribution in [-0.4, -0.2) is 39.9 Å². The Labute approximate surface area is 186 Å². The van der Waals surface area contributed by atoms with Crippen LogP contribution in [0.15, 0.2) is 52.4 Å². The first kappa shape index (κ1) is 22.7. The summed E-state index contributed by atoms with van der Waals surface area (Å²) in [6.07, 6.45) is 0.604. The van der Waals surface area contributed by atoms with Crippen molar-refractivity contribution in [3.63, 3.8) is 0 Å². The predicted octanol–water partition coefficient (Wildman–Crippen LogP) is 3.73. The molecule has 1 aromatic heterocycles. The van der Waals surface area contributed by atoms with E-state index in [9.17, 15) is 19.7 Å². The molecule has 1 heterocycles. The number of carbonyl (C=O) groups excluding carboxylic acids is 1. The van der Waals surface area contributed by atoms with Crippen molar-refractivity contribution < 1.29 is 14.5 Å². The van der Waals surface area contributed by atoms with Crippen LogP contribution in [0.25, 0.3) is 10.9 Å². The number of hydrogen-bond donors (Lipinski definition) is 1. The highest BCUT2D eigenvalue weighted by molar-refractivity contribution is 7.99. The molecule has 0 unspecified atom stereocenters. The molecule has 162 valence electrons. The Kier molecular flexibility index (Phi) is 7.61. The summed E-state index contributed by atoms with van der Waals surface area (Å²) >= 11 is 6.88. The number of benzene rings is 2. The van der Waals surface area contributed by atoms with Gasteiger partial charge in [-0.2, -0.15) is 0 Å². The van der Waals surface area contributed by atoms with Gasteiger partial charge in [-0.05, 0) is 30.7 Å². The molecular weight excluding hydrogens is 444 g/mol. The van der Waals surface area contributed by atoms with Crippen molar-refractivity contribution in [2.24, 2.45) is 0 Å². The van der Waals surface area contributed by atoms with Crippen LogP contribution in [0.2, 0.25) is 5.02 Å². The van der Waals surface area contributed by atoms with Gasteiger partial charge in [-0.15, -0.1) is 0 Å². The summed E-state index contributed by atoms with van der Waals surface area (Å²) in [6, 6.07) is 11.0. The average molecular weight is 463 g/mol. The van der Waals surface area contributed by atoms with Gasteiger partial charge < -0.3 is 10.1 Å². The topological polar surface area (TPSA) is 116 Å². The lowest BCUT2D eigenvalue weighted by atomic mass is 10.2. The Morgan fingerprint density at radius 3 is 2.84 bits per heavy atom. The van der Waals surface area contributed by atoms with Gasteiger partial charge in [-0.25, -0.2) is 4.98 Å². The molecule has 1 amide bonds. The number of methoxy groups -OCH3 is 1. The minimum absolute atomic E-state index is 0.0453. The van der Waals surface area contributed by atoms with Crippen molar-refractivity contribution >= 4 is 51.5 Å². The van der Waals surface area contributed by atoms with Crippen molar-refractivity contribution in [2.75, 3.05) is 24.8 Å². The minimum Gasteiger partial charge on any atom is -0.385 e. The summed E-state index contributed by atoms with van der Waals surface area (Å²) in [4.78, 5) is 40.5. The number of nitro groups is 1. The number of halogens is 1. The van der Waals surface area contributed by atoms with E-state index in [1.165, 1.54) is 22.8 Å². The second-order valence-corrected chi connectivity index (χ2v) is 7.85. The van der Waals surface area contributed by atoms with Crippen molar-refractivity contribution in [1.82, 2.24) is 9.55 Å². The number of para-hydroxylation sites is 1. The predicted molar refractivity (Wildman–Crippen MR) is 120 cm³/mol. The highest BCUT2D eigenvalue weighted by atomic mass is 35.5. The number of nitrogens with one attached hydrogen (secondary N) is 1. The quantitative estimate of drug-likeness (QED) is 0.169. The molecular formula is C20H19ClN4O5S. The maximum Gasteiger partial charge on any atom is 0.294 e. The second kappa shape index (κ2) is 10.4. The molecule has 0 spiro atoms. The molecule has 0 aliphatic carbocycles. The van der Waals surface area contributed by atoms with Crippen molar-refractivity contribution in [1.29, 1.82) is 0 Å². The van der Waals surface area contributed by atoms with Gasteiger partial charge >= 0.3 is 0 Å². The number of nitrogens with zero attached hydrogens (tertiary/aromatic N) is 3. The lowest BCUT2D eigenvalue weighted by Gasteiger charge is -2.13. The fourth-order valence-electron chi connectivity index (χ4n) is 2.90. The average Bonchev–Trinajstić information content (AvgIpc) is 2.75. The van der Waals surface area contributed by atoms with E-state index in [0.717, 1.165) is 11.8 Å². The van der Waals surface area contributed by atoms with Crippen LogP contribution in [0.4, 0.5) is 11.4 Å². The molecule has 0 aliphatic rings. The zero-order chi connectivity index (χ0) is 22.4. The molecule has 11 heteroatoms. The molecule has 31 heavy (non-hydrogen) atoms. The summed E-state index contributed by atoms with van der Waals surface area (Å²) < 4.78 is 6.58. The molecule has 0 atom stereocenters. The number of aromatic nitrogens is 2. The number of amides is 1. The Balaban J connectivity index is 1.81. The molecule has 0 fully saturated rings. The van der Waals surface area contributed by atoms with Gasteiger partial charge in [0.15, 0.2) is 5.16 Å².